The van der Waals surface area contributed by atoms with Gasteiger partial charge in [0.15, 0.2) is 0 Å². The van der Waals surface area contributed by atoms with E-state index in [9.17, 15) is 28.5 Å². The molecule has 0 atom stereocenters. The van der Waals surface area contributed by atoms with Crippen molar-refractivity contribution in [1.29, 1.82) is 0 Å². The summed E-state index contributed by atoms with van der Waals surface area (Å²) in [6.07, 6.45) is -2.89. The van der Waals surface area contributed by atoms with E-state index in [1.807, 2.05) is 0 Å². The number of primary amides is 1. The van der Waals surface area contributed by atoms with Gasteiger partial charge in [-0.15, -0.1) is 11.3 Å². The molecular formula is C21H16F2N6O4S. The molecule has 0 aliphatic rings. The minimum atomic E-state index is -2.89. The van der Waals surface area contributed by atoms with Gasteiger partial charge in [-0.1, -0.05) is 30.3 Å². The van der Waals surface area contributed by atoms with Gasteiger partial charge >= 0.3 is 5.69 Å². The lowest BCUT2D eigenvalue weighted by atomic mass is 10.0. The van der Waals surface area contributed by atoms with E-state index in [0.717, 1.165) is 16.0 Å². The molecule has 4 rings (SSSR count). The van der Waals surface area contributed by atoms with Crippen LogP contribution in [0.5, 0.6) is 0 Å². The van der Waals surface area contributed by atoms with E-state index in [0.29, 0.717) is 5.56 Å². The second-order valence-electron chi connectivity index (χ2n) is 7.23. The van der Waals surface area contributed by atoms with Crippen molar-refractivity contribution in [2.45, 2.75) is 13.3 Å². The predicted molar refractivity (Wildman–Crippen MR) is 121 cm³/mol. The molecule has 1 aromatic carbocycles. The number of amides is 2. The van der Waals surface area contributed by atoms with Gasteiger partial charge in [0, 0.05) is 12.4 Å². The predicted octanol–water partition coefficient (Wildman–Crippen LogP) is 4.20. The van der Waals surface area contributed by atoms with Crippen molar-refractivity contribution in [1.82, 2.24) is 14.8 Å². The van der Waals surface area contributed by atoms with Crippen LogP contribution < -0.4 is 11.1 Å². The zero-order valence-corrected chi connectivity index (χ0v) is 18.5. The molecule has 0 aliphatic heterocycles. The van der Waals surface area contributed by atoms with Crippen LogP contribution in [0, 0.1) is 17.0 Å². The van der Waals surface area contributed by atoms with E-state index < -0.39 is 34.5 Å². The highest BCUT2D eigenvalue weighted by atomic mass is 32.1. The number of carbonyl (C=O) groups excluding carboxylic acids is 2. The summed E-state index contributed by atoms with van der Waals surface area (Å²) < 4.78 is 28.2. The van der Waals surface area contributed by atoms with E-state index in [-0.39, 0.29) is 37.7 Å². The van der Waals surface area contributed by atoms with E-state index >= 15 is 0 Å². The fourth-order valence-electron chi connectivity index (χ4n) is 3.66. The van der Waals surface area contributed by atoms with E-state index in [4.69, 9.17) is 5.73 Å². The highest BCUT2D eigenvalue weighted by Crippen LogP contribution is 2.42. The maximum Gasteiger partial charge on any atom is 0.322 e. The largest absolute Gasteiger partial charge is 0.365 e. The van der Waals surface area contributed by atoms with Crippen LogP contribution in [0.4, 0.5) is 20.2 Å². The second kappa shape index (κ2) is 8.59. The Labute approximate surface area is 194 Å². The minimum Gasteiger partial charge on any atom is -0.365 e. The van der Waals surface area contributed by atoms with Crippen LogP contribution in [0.15, 0.2) is 36.4 Å². The number of pyridine rings is 1. The van der Waals surface area contributed by atoms with Gasteiger partial charge in [0.25, 0.3) is 18.2 Å². The Hall–Kier alpha value is -4.26. The summed E-state index contributed by atoms with van der Waals surface area (Å²) in [7, 11) is 1.36. The molecule has 4 aromatic rings. The molecule has 0 fully saturated rings. The van der Waals surface area contributed by atoms with Gasteiger partial charge in [-0.3, -0.25) is 24.4 Å². The number of fused-ring (bicyclic) bond motifs is 1. The van der Waals surface area contributed by atoms with Crippen molar-refractivity contribution in [3.05, 3.63) is 68.5 Å². The van der Waals surface area contributed by atoms with Gasteiger partial charge in [0.05, 0.1) is 10.6 Å². The summed E-state index contributed by atoms with van der Waals surface area (Å²) >= 11 is 0.739. The Morgan fingerprint density at radius 2 is 1.94 bits per heavy atom. The van der Waals surface area contributed by atoms with Crippen molar-refractivity contribution >= 4 is 44.7 Å². The van der Waals surface area contributed by atoms with Gasteiger partial charge < -0.3 is 11.1 Å². The molecule has 3 heterocycles. The summed E-state index contributed by atoms with van der Waals surface area (Å²) in [4.78, 5) is 40.0. The number of benzene rings is 1. The van der Waals surface area contributed by atoms with Crippen LogP contribution >= 0.6 is 11.3 Å². The summed E-state index contributed by atoms with van der Waals surface area (Å²) in [5.74, 6) is -1.85. The Morgan fingerprint density at radius 3 is 2.53 bits per heavy atom. The first-order valence-corrected chi connectivity index (χ1v) is 10.5. The van der Waals surface area contributed by atoms with Crippen LogP contribution in [-0.4, -0.2) is 31.5 Å². The molecule has 0 saturated carbocycles. The van der Waals surface area contributed by atoms with Gasteiger partial charge in [0.1, 0.15) is 21.1 Å². The van der Waals surface area contributed by atoms with E-state index in [2.05, 4.69) is 15.4 Å². The molecule has 0 radical (unpaired) electrons. The number of nitrogens with two attached hydrogens (primary N) is 1. The molecule has 2 amide bonds. The molecule has 10 nitrogen and oxygen atoms in total. The topological polar surface area (TPSA) is 146 Å². The van der Waals surface area contributed by atoms with Gasteiger partial charge in [-0.05, 0) is 24.1 Å². The number of hydrogen-bond acceptors (Lipinski definition) is 7. The van der Waals surface area contributed by atoms with Gasteiger partial charge in [0.2, 0.25) is 5.69 Å². The lowest BCUT2D eigenvalue weighted by molar-refractivity contribution is -0.385. The molecule has 0 aliphatic carbocycles. The first-order chi connectivity index (χ1) is 16.1. The number of nitro groups is 1. The Morgan fingerprint density at radius 1 is 1.26 bits per heavy atom. The quantitative estimate of drug-likeness (QED) is 0.308. The zero-order chi connectivity index (χ0) is 24.7. The highest BCUT2D eigenvalue weighted by molar-refractivity contribution is 7.21. The Kier molecular flexibility index (Phi) is 5.79. The second-order valence-corrected chi connectivity index (χ2v) is 8.23. The number of anilines is 1. The molecular weight excluding hydrogens is 470 g/mol. The average Bonchev–Trinajstić information content (AvgIpc) is 3.30. The van der Waals surface area contributed by atoms with Gasteiger partial charge in [-0.2, -0.15) is 5.10 Å². The van der Waals surface area contributed by atoms with Gasteiger partial charge in [-0.25, -0.2) is 13.8 Å². The number of thiophene rings is 1. The maximum absolute atomic E-state index is 13.6. The van der Waals surface area contributed by atoms with Crippen LogP contribution in [-0.2, 0) is 7.05 Å². The summed E-state index contributed by atoms with van der Waals surface area (Å²) in [6, 6.07) is 9.66. The Balaban J connectivity index is 1.98. The van der Waals surface area contributed by atoms with Crippen LogP contribution in [0.3, 0.4) is 0 Å². The summed E-state index contributed by atoms with van der Waals surface area (Å²) in [6.45, 7) is 1.38. The molecule has 0 unspecified atom stereocenters. The number of hydrogen-bond donors (Lipinski definition) is 2. The van der Waals surface area contributed by atoms with Crippen molar-refractivity contribution in [2.75, 3.05) is 5.32 Å². The number of nitrogens with one attached hydrogen (secondary N) is 1. The van der Waals surface area contributed by atoms with E-state index in [1.165, 1.54) is 20.0 Å². The van der Waals surface area contributed by atoms with Crippen LogP contribution in [0.2, 0.25) is 0 Å². The molecule has 13 heteroatoms. The number of halogens is 2. The first-order valence-electron chi connectivity index (χ1n) is 9.70. The lowest BCUT2D eigenvalue weighted by Crippen LogP contribution is -2.20. The third kappa shape index (κ3) is 3.85. The third-order valence-corrected chi connectivity index (χ3v) is 6.14. The smallest absolute Gasteiger partial charge is 0.322 e. The normalized spacial score (nSPS) is 11.2. The van der Waals surface area contributed by atoms with Crippen LogP contribution in [0.1, 0.15) is 38.0 Å². The SMILES string of the molecule is Cc1nn(C)c(C(=O)Nc2c(C(N)=O)sc3nc(C(F)F)cc(-c4ccccc4)c23)c1[N+](=O)[O-]. The van der Waals surface area contributed by atoms with E-state index in [1.54, 1.807) is 30.3 Å². The molecule has 0 bridgehead atoms. The standard InChI is InChI=1S/C21H16F2N6O4S/c1-9-15(29(32)33)16(28(2)27-9)20(31)26-14-13-11(10-6-4-3-5-7-10)8-12(18(22)23)25-21(13)34-17(14)19(24)30/h3-8,18H,1-2H3,(H2,24,30)(H,26,31). The number of nitrogens with zero attached hydrogens (tertiary/aromatic N) is 4. The Bertz CT molecular complexity index is 1470. The molecule has 0 spiro atoms. The number of alkyl halides is 2. The first kappa shape index (κ1) is 22.9. The zero-order valence-electron chi connectivity index (χ0n) is 17.7. The number of aryl methyl sites for hydroxylation is 2. The summed E-state index contributed by atoms with van der Waals surface area (Å²) in [5.41, 5.74) is 4.92. The number of aromatic nitrogens is 3. The van der Waals surface area contributed by atoms with Crippen molar-refractivity contribution in [3.8, 4) is 11.1 Å². The van der Waals surface area contributed by atoms with Crippen molar-refractivity contribution in [3.63, 3.8) is 0 Å². The number of carbonyl (C=O) groups is 2. The highest BCUT2D eigenvalue weighted by Gasteiger charge is 2.32. The number of rotatable bonds is 6. The molecule has 174 valence electrons. The molecule has 34 heavy (non-hydrogen) atoms. The fraction of sp³-hybridized carbons (Fsp3) is 0.143. The lowest BCUT2D eigenvalue weighted by Gasteiger charge is -2.11. The average molecular weight is 486 g/mol. The van der Waals surface area contributed by atoms with Crippen molar-refractivity contribution < 1.29 is 23.3 Å². The minimum absolute atomic E-state index is 0.0242. The maximum atomic E-state index is 13.6. The molecule has 3 N–H and O–H groups in total. The third-order valence-electron chi connectivity index (χ3n) is 5.04. The molecule has 0 saturated heterocycles. The van der Waals surface area contributed by atoms with Crippen LogP contribution in [0.25, 0.3) is 21.3 Å². The molecule has 3 aromatic heterocycles. The monoisotopic (exact) mass is 486 g/mol. The summed E-state index contributed by atoms with van der Waals surface area (Å²) in [5, 5.41) is 18.2. The fourth-order valence-corrected chi connectivity index (χ4v) is 4.67. The van der Waals surface area contributed by atoms with Crippen molar-refractivity contribution in [2.24, 2.45) is 12.8 Å².